The number of para-hydroxylation sites is 1. The number of benzene rings is 2. The number of rotatable bonds is 6. The summed E-state index contributed by atoms with van der Waals surface area (Å²) >= 11 is 0. The highest BCUT2D eigenvalue weighted by Gasteiger charge is 2.24. The molecule has 0 aromatic heterocycles. The van der Waals surface area contributed by atoms with E-state index in [0.717, 1.165) is 30.8 Å². The fourth-order valence-corrected chi connectivity index (χ4v) is 3.75. The molecule has 0 radical (unpaired) electrons. The van der Waals surface area contributed by atoms with Gasteiger partial charge in [-0.3, -0.25) is 4.90 Å². The molecule has 1 fully saturated rings. The lowest BCUT2D eigenvalue weighted by molar-refractivity contribution is 0.189. The molecule has 0 bridgehead atoms. The van der Waals surface area contributed by atoms with Crippen molar-refractivity contribution in [1.29, 1.82) is 0 Å². The molecule has 1 heterocycles. The SMILES string of the molecule is CCOc1cccc(CN2CCCCC[C@@H]2c2ccc(OC)cc2)c1O. The van der Waals surface area contributed by atoms with E-state index in [0.29, 0.717) is 18.4 Å². The van der Waals surface area contributed by atoms with Gasteiger partial charge in [0.2, 0.25) is 0 Å². The van der Waals surface area contributed by atoms with Crippen LogP contribution in [0.2, 0.25) is 0 Å². The lowest BCUT2D eigenvalue weighted by Crippen LogP contribution is -2.28. The second-order valence-corrected chi connectivity index (χ2v) is 6.81. The maximum absolute atomic E-state index is 10.6. The van der Waals surface area contributed by atoms with Crippen LogP contribution in [0.15, 0.2) is 42.5 Å². The van der Waals surface area contributed by atoms with Gasteiger partial charge in [0, 0.05) is 18.2 Å². The predicted octanol–water partition coefficient (Wildman–Crippen LogP) is 4.92. The van der Waals surface area contributed by atoms with E-state index < -0.39 is 0 Å². The molecule has 1 aliphatic rings. The van der Waals surface area contributed by atoms with Gasteiger partial charge in [-0.05, 0) is 50.1 Å². The highest BCUT2D eigenvalue weighted by molar-refractivity contribution is 5.45. The first kappa shape index (κ1) is 18.6. The Hall–Kier alpha value is -2.20. The third kappa shape index (κ3) is 4.31. The number of likely N-dealkylation sites (tertiary alicyclic amines) is 1. The van der Waals surface area contributed by atoms with E-state index in [2.05, 4.69) is 17.0 Å². The van der Waals surface area contributed by atoms with Crippen molar-refractivity contribution in [2.45, 2.75) is 45.2 Å². The Morgan fingerprint density at radius 3 is 2.62 bits per heavy atom. The standard InChI is InChI=1S/C22H29NO3/c1-3-26-21-10-7-8-18(22(21)24)16-23-15-6-4-5-9-20(23)17-11-13-19(25-2)14-12-17/h7-8,10-14,20,24H,3-6,9,15-16H2,1-2H3/t20-/m1/s1. The number of nitrogens with zero attached hydrogens (tertiary/aromatic N) is 1. The van der Waals surface area contributed by atoms with Crippen LogP contribution in [-0.4, -0.2) is 30.3 Å². The normalized spacial score (nSPS) is 18.3. The second kappa shape index (κ2) is 8.95. The number of phenols is 1. The van der Waals surface area contributed by atoms with Crippen LogP contribution >= 0.6 is 0 Å². The summed E-state index contributed by atoms with van der Waals surface area (Å²) in [5.74, 6) is 1.73. The smallest absolute Gasteiger partial charge is 0.162 e. The van der Waals surface area contributed by atoms with E-state index in [1.807, 2.05) is 37.3 Å². The van der Waals surface area contributed by atoms with Crippen molar-refractivity contribution >= 4 is 0 Å². The van der Waals surface area contributed by atoms with Gasteiger partial charge in [-0.15, -0.1) is 0 Å². The fraction of sp³-hybridized carbons (Fsp3) is 0.455. The first-order valence-corrected chi connectivity index (χ1v) is 9.54. The third-order valence-electron chi connectivity index (χ3n) is 5.12. The van der Waals surface area contributed by atoms with Gasteiger partial charge < -0.3 is 14.6 Å². The monoisotopic (exact) mass is 355 g/mol. The molecule has 0 aliphatic carbocycles. The van der Waals surface area contributed by atoms with Crippen LogP contribution in [0.25, 0.3) is 0 Å². The van der Waals surface area contributed by atoms with E-state index in [4.69, 9.17) is 9.47 Å². The molecule has 0 unspecified atom stereocenters. The maximum Gasteiger partial charge on any atom is 0.162 e. The first-order valence-electron chi connectivity index (χ1n) is 9.54. The predicted molar refractivity (Wildman–Crippen MR) is 104 cm³/mol. The van der Waals surface area contributed by atoms with Crippen LogP contribution in [0.1, 0.15) is 49.8 Å². The molecule has 0 amide bonds. The zero-order chi connectivity index (χ0) is 18.4. The lowest BCUT2D eigenvalue weighted by atomic mass is 10.00. The summed E-state index contributed by atoms with van der Waals surface area (Å²) in [6.45, 7) is 4.24. The molecular weight excluding hydrogens is 326 g/mol. The Balaban J connectivity index is 1.84. The summed E-state index contributed by atoms with van der Waals surface area (Å²) in [5, 5.41) is 10.6. The molecule has 2 aromatic carbocycles. The summed E-state index contributed by atoms with van der Waals surface area (Å²) in [4.78, 5) is 2.49. The van der Waals surface area contributed by atoms with Crippen LogP contribution in [0.5, 0.6) is 17.2 Å². The fourth-order valence-electron chi connectivity index (χ4n) is 3.75. The van der Waals surface area contributed by atoms with Crippen molar-refractivity contribution in [2.75, 3.05) is 20.3 Å². The van der Waals surface area contributed by atoms with E-state index >= 15 is 0 Å². The molecule has 3 rings (SSSR count). The highest BCUT2D eigenvalue weighted by atomic mass is 16.5. The number of aromatic hydroxyl groups is 1. The second-order valence-electron chi connectivity index (χ2n) is 6.81. The van der Waals surface area contributed by atoms with E-state index in [9.17, 15) is 5.11 Å². The number of ether oxygens (including phenoxy) is 2. The van der Waals surface area contributed by atoms with Gasteiger partial charge >= 0.3 is 0 Å². The molecule has 1 N–H and O–H groups in total. The van der Waals surface area contributed by atoms with Crippen LogP contribution in [0.4, 0.5) is 0 Å². The average molecular weight is 355 g/mol. The number of methoxy groups -OCH3 is 1. The van der Waals surface area contributed by atoms with Crippen molar-refractivity contribution in [2.24, 2.45) is 0 Å². The van der Waals surface area contributed by atoms with Gasteiger partial charge in [0.15, 0.2) is 11.5 Å². The first-order chi connectivity index (χ1) is 12.7. The van der Waals surface area contributed by atoms with Crippen molar-refractivity contribution in [3.63, 3.8) is 0 Å². The van der Waals surface area contributed by atoms with Crippen LogP contribution in [0.3, 0.4) is 0 Å². The minimum atomic E-state index is 0.270. The van der Waals surface area contributed by atoms with Gasteiger partial charge in [-0.2, -0.15) is 0 Å². The molecular formula is C22H29NO3. The number of hydrogen-bond acceptors (Lipinski definition) is 4. The zero-order valence-electron chi connectivity index (χ0n) is 15.8. The quantitative estimate of drug-likeness (QED) is 0.799. The largest absolute Gasteiger partial charge is 0.504 e. The molecule has 26 heavy (non-hydrogen) atoms. The third-order valence-corrected chi connectivity index (χ3v) is 5.12. The summed E-state index contributed by atoms with van der Waals surface area (Å²) in [7, 11) is 1.70. The Labute approximate surface area is 156 Å². The molecule has 2 aromatic rings. The van der Waals surface area contributed by atoms with E-state index in [-0.39, 0.29) is 5.75 Å². The summed E-state index contributed by atoms with van der Waals surface area (Å²) in [6, 6.07) is 14.5. The van der Waals surface area contributed by atoms with Crippen molar-refractivity contribution in [3.8, 4) is 17.2 Å². The molecule has 1 atom stereocenters. The Bertz CT molecular complexity index is 699. The van der Waals surface area contributed by atoms with Crippen LogP contribution < -0.4 is 9.47 Å². The van der Waals surface area contributed by atoms with E-state index in [1.54, 1.807) is 7.11 Å². The van der Waals surface area contributed by atoms with Crippen molar-refractivity contribution in [1.82, 2.24) is 4.90 Å². The van der Waals surface area contributed by atoms with Gasteiger partial charge in [0.25, 0.3) is 0 Å². The lowest BCUT2D eigenvalue weighted by Gasteiger charge is -2.31. The maximum atomic E-state index is 10.6. The topological polar surface area (TPSA) is 41.9 Å². The molecule has 4 heteroatoms. The van der Waals surface area contributed by atoms with Gasteiger partial charge in [-0.25, -0.2) is 0 Å². The van der Waals surface area contributed by atoms with Crippen LogP contribution in [0, 0.1) is 0 Å². The molecule has 1 aliphatic heterocycles. The van der Waals surface area contributed by atoms with Gasteiger partial charge in [0.05, 0.1) is 13.7 Å². The van der Waals surface area contributed by atoms with Gasteiger partial charge in [-0.1, -0.05) is 37.1 Å². The Kier molecular flexibility index (Phi) is 6.40. The minimum Gasteiger partial charge on any atom is -0.504 e. The summed E-state index contributed by atoms with van der Waals surface area (Å²) in [5.41, 5.74) is 2.24. The number of hydrogen-bond donors (Lipinski definition) is 1. The summed E-state index contributed by atoms with van der Waals surface area (Å²) < 4.78 is 10.8. The highest BCUT2D eigenvalue weighted by Crippen LogP contribution is 2.36. The Morgan fingerprint density at radius 1 is 1.08 bits per heavy atom. The molecule has 0 spiro atoms. The average Bonchev–Trinajstić information content (AvgIpc) is 2.91. The number of phenolic OH excluding ortho intramolecular Hbond substituents is 1. The van der Waals surface area contributed by atoms with Crippen molar-refractivity contribution in [3.05, 3.63) is 53.6 Å². The van der Waals surface area contributed by atoms with Crippen molar-refractivity contribution < 1.29 is 14.6 Å². The summed E-state index contributed by atoms with van der Waals surface area (Å²) in [6.07, 6.45) is 4.82. The molecule has 4 nitrogen and oxygen atoms in total. The molecule has 0 saturated carbocycles. The minimum absolute atomic E-state index is 0.270. The zero-order valence-corrected chi connectivity index (χ0v) is 15.8. The van der Waals surface area contributed by atoms with Gasteiger partial charge in [0.1, 0.15) is 5.75 Å². The molecule has 140 valence electrons. The Morgan fingerprint density at radius 2 is 1.88 bits per heavy atom. The molecule has 1 saturated heterocycles. The van der Waals surface area contributed by atoms with Crippen LogP contribution in [-0.2, 0) is 6.54 Å². The van der Waals surface area contributed by atoms with E-state index in [1.165, 1.54) is 24.8 Å².